The van der Waals surface area contributed by atoms with Gasteiger partial charge in [-0.05, 0) is 65.2 Å². The van der Waals surface area contributed by atoms with Crippen LogP contribution in [0.4, 0.5) is 5.69 Å². The van der Waals surface area contributed by atoms with Crippen molar-refractivity contribution in [2.45, 2.75) is 0 Å². The molecule has 3 aromatic rings. The SMILES string of the molecule is N#C/C(=C/c1cccc(OC(=O)/C=C/c2ccc([N+](=O)[O-])cc2)c1)c1cccc(Cl)c1. The van der Waals surface area contributed by atoms with E-state index in [9.17, 15) is 20.2 Å². The van der Waals surface area contributed by atoms with Gasteiger partial charge in [-0.25, -0.2) is 4.79 Å². The number of allylic oxidation sites excluding steroid dienone is 1. The summed E-state index contributed by atoms with van der Waals surface area (Å²) < 4.78 is 5.31. The van der Waals surface area contributed by atoms with E-state index in [1.165, 1.54) is 36.4 Å². The van der Waals surface area contributed by atoms with E-state index >= 15 is 0 Å². The number of benzene rings is 3. The monoisotopic (exact) mass is 430 g/mol. The summed E-state index contributed by atoms with van der Waals surface area (Å²) in [5.41, 5.74) is 2.38. The molecule has 0 N–H and O–H groups in total. The number of nitrogens with zero attached hydrogens (tertiary/aromatic N) is 2. The second-order valence-electron chi connectivity index (χ2n) is 6.36. The second kappa shape index (κ2) is 10.0. The third-order valence-corrected chi connectivity index (χ3v) is 4.39. The van der Waals surface area contributed by atoms with Crippen molar-refractivity contribution in [3.63, 3.8) is 0 Å². The van der Waals surface area contributed by atoms with Crippen molar-refractivity contribution in [1.29, 1.82) is 5.26 Å². The molecule has 0 atom stereocenters. The minimum Gasteiger partial charge on any atom is -0.423 e. The second-order valence-corrected chi connectivity index (χ2v) is 6.79. The lowest BCUT2D eigenvalue weighted by molar-refractivity contribution is -0.384. The van der Waals surface area contributed by atoms with Gasteiger partial charge in [0, 0.05) is 23.2 Å². The Balaban J connectivity index is 1.72. The first kappa shape index (κ1) is 21.5. The Kier molecular flexibility index (Phi) is 6.94. The highest BCUT2D eigenvalue weighted by Crippen LogP contribution is 2.23. The largest absolute Gasteiger partial charge is 0.423 e. The molecule has 0 heterocycles. The topological polar surface area (TPSA) is 93.2 Å². The van der Waals surface area contributed by atoms with Crippen LogP contribution in [0.2, 0.25) is 5.02 Å². The molecule has 0 aromatic heterocycles. The molecule has 0 aliphatic heterocycles. The Morgan fingerprint density at radius 1 is 1.03 bits per heavy atom. The van der Waals surface area contributed by atoms with Crippen LogP contribution in [0.3, 0.4) is 0 Å². The van der Waals surface area contributed by atoms with Gasteiger partial charge in [-0.3, -0.25) is 10.1 Å². The molecule has 0 unspecified atom stereocenters. The maximum atomic E-state index is 12.1. The van der Waals surface area contributed by atoms with E-state index in [2.05, 4.69) is 6.07 Å². The molecule has 6 nitrogen and oxygen atoms in total. The molecule has 0 radical (unpaired) electrons. The number of rotatable bonds is 6. The van der Waals surface area contributed by atoms with Crippen LogP contribution in [0.1, 0.15) is 16.7 Å². The van der Waals surface area contributed by atoms with Gasteiger partial charge in [0.2, 0.25) is 0 Å². The normalized spacial score (nSPS) is 11.2. The van der Waals surface area contributed by atoms with E-state index < -0.39 is 10.9 Å². The Morgan fingerprint density at radius 2 is 1.77 bits per heavy atom. The fourth-order valence-corrected chi connectivity index (χ4v) is 2.88. The van der Waals surface area contributed by atoms with Gasteiger partial charge in [-0.1, -0.05) is 35.9 Å². The highest BCUT2D eigenvalue weighted by Gasteiger charge is 2.06. The summed E-state index contributed by atoms with van der Waals surface area (Å²) in [5.74, 6) is -0.287. The number of nitriles is 1. The number of carbonyl (C=O) groups excluding carboxylic acids is 1. The maximum Gasteiger partial charge on any atom is 0.336 e. The highest BCUT2D eigenvalue weighted by molar-refractivity contribution is 6.30. The number of nitro groups is 1. The zero-order valence-electron chi connectivity index (χ0n) is 16.1. The average Bonchev–Trinajstić information content (AvgIpc) is 2.76. The van der Waals surface area contributed by atoms with Crippen molar-refractivity contribution in [2.75, 3.05) is 0 Å². The van der Waals surface area contributed by atoms with Crippen molar-refractivity contribution < 1.29 is 14.5 Å². The minimum absolute atomic E-state index is 0.0286. The first-order valence-electron chi connectivity index (χ1n) is 9.07. The van der Waals surface area contributed by atoms with Crippen LogP contribution in [-0.4, -0.2) is 10.9 Å². The first-order valence-corrected chi connectivity index (χ1v) is 9.44. The van der Waals surface area contributed by atoms with Crippen molar-refractivity contribution in [2.24, 2.45) is 0 Å². The molecule has 0 bridgehead atoms. The first-order chi connectivity index (χ1) is 14.9. The highest BCUT2D eigenvalue weighted by atomic mass is 35.5. The number of non-ortho nitro benzene ring substituents is 1. The van der Waals surface area contributed by atoms with Gasteiger partial charge in [0.25, 0.3) is 5.69 Å². The van der Waals surface area contributed by atoms with Crippen LogP contribution < -0.4 is 4.74 Å². The van der Waals surface area contributed by atoms with Crippen LogP contribution in [0.25, 0.3) is 17.7 Å². The van der Waals surface area contributed by atoms with E-state index in [0.29, 0.717) is 33.0 Å². The standard InChI is InChI=1S/C24H15ClN2O4/c25-21-5-2-4-19(15-21)20(16-26)13-18-3-1-6-23(14-18)31-24(28)12-9-17-7-10-22(11-8-17)27(29)30/h1-15H/b12-9+,20-13-. The third-order valence-electron chi connectivity index (χ3n) is 4.16. The summed E-state index contributed by atoms with van der Waals surface area (Å²) in [6.07, 6.45) is 4.41. The average molecular weight is 431 g/mol. The lowest BCUT2D eigenvalue weighted by Crippen LogP contribution is -2.03. The van der Waals surface area contributed by atoms with Gasteiger partial charge >= 0.3 is 5.97 Å². The van der Waals surface area contributed by atoms with Gasteiger partial charge in [0.05, 0.1) is 16.6 Å². The molecule has 31 heavy (non-hydrogen) atoms. The van der Waals surface area contributed by atoms with Gasteiger partial charge in [0.1, 0.15) is 5.75 Å². The Bertz CT molecular complexity index is 1220. The van der Waals surface area contributed by atoms with Gasteiger partial charge in [0.15, 0.2) is 0 Å². The predicted molar refractivity (Wildman–Crippen MR) is 119 cm³/mol. The quantitative estimate of drug-likeness (QED) is 0.0918. The fourth-order valence-electron chi connectivity index (χ4n) is 2.69. The molecular weight excluding hydrogens is 416 g/mol. The molecule has 0 spiro atoms. The number of carbonyl (C=O) groups is 1. The minimum atomic E-state index is -0.602. The number of nitro benzene ring substituents is 1. The number of esters is 1. The molecule has 0 amide bonds. The molecule has 0 aliphatic carbocycles. The predicted octanol–water partition coefficient (Wildman–Crippen LogP) is 5.93. The summed E-state index contributed by atoms with van der Waals surface area (Å²) in [4.78, 5) is 22.3. The number of ether oxygens (including phenoxy) is 1. The summed E-state index contributed by atoms with van der Waals surface area (Å²) in [6, 6.07) is 21.7. The molecule has 3 rings (SSSR count). The van der Waals surface area contributed by atoms with Crippen LogP contribution in [0.5, 0.6) is 5.75 Å². The summed E-state index contributed by atoms with van der Waals surface area (Å²) in [7, 11) is 0. The van der Waals surface area contributed by atoms with Gasteiger partial charge in [-0.15, -0.1) is 0 Å². The van der Waals surface area contributed by atoms with E-state index in [1.54, 1.807) is 54.6 Å². The fraction of sp³-hybridized carbons (Fsp3) is 0. The summed E-state index contributed by atoms with van der Waals surface area (Å²) in [5, 5.41) is 20.7. The van der Waals surface area contributed by atoms with Crippen LogP contribution in [0.15, 0.2) is 78.9 Å². The Hall–Kier alpha value is -4.21. The third kappa shape index (κ3) is 6.13. The number of hydrogen-bond acceptors (Lipinski definition) is 5. The lowest BCUT2D eigenvalue weighted by atomic mass is 10.0. The zero-order chi connectivity index (χ0) is 22.2. The molecular formula is C24H15ClN2O4. The van der Waals surface area contributed by atoms with Crippen LogP contribution in [-0.2, 0) is 4.79 Å². The van der Waals surface area contributed by atoms with Crippen LogP contribution in [0, 0.1) is 21.4 Å². The number of halogens is 1. The zero-order valence-corrected chi connectivity index (χ0v) is 16.8. The Morgan fingerprint density at radius 3 is 2.45 bits per heavy atom. The van der Waals surface area contributed by atoms with E-state index in [1.807, 2.05) is 0 Å². The molecule has 7 heteroatoms. The molecule has 0 aliphatic rings. The van der Waals surface area contributed by atoms with Crippen molar-refractivity contribution in [3.05, 3.63) is 111 Å². The van der Waals surface area contributed by atoms with Crippen molar-refractivity contribution in [3.8, 4) is 11.8 Å². The Labute approximate surface area is 183 Å². The maximum absolute atomic E-state index is 12.1. The molecule has 0 fully saturated rings. The van der Waals surface area contributed by atoms with E-state index in [4.69, 9.17) is 16.3 Å². The van der Waals surface area contributed by atoms with Crippen molar-refractivity contribution >= 4 is 41.0 Å². The summed E-state index contributed by atoms with van der Waals surface area (Å²) >= 11 is 6.00. The van der Waals surface area contributed by atoms with E-state index in [0.717, 1.165) is 0 Å². The molecule has 3 aromatic carbocycles. The van der Waals surface area contributed by atoms with E-state index in [-0.39, 0.29) is 5.69 Å². The lowest BCUT2D eigenvalue weighted by Gasteiger charge is -2.04. The summed E-state index contributed by atoms with van der Waals surface area (Å²) in [6.45, 7) is 0. The van der Waals surface area contributed by atoms with Crippen LogP contribution >= 0.6 is 11.6 Å². The molecule has 152 valence electrons. The van der Waals surface area contributed by atoms with Crippen molar-refractivity contribution in [1.82, 2.24) is 0 Å². The molecule has 0 saturated carbocycles. The van der Waals surface area contributed by atoms with Gasteiger partial charge in [-0.2, -0.15) is 5.26 Å². The van der Waals surface area contributed by atoms with Gasteiger partial charge < -0.3 is 4.74 Å². The smallest absolute Gasteiger partial charge is 0.336 e. The molecule has 0 saturated heterocycles. The number of hydrogen-bond donors (Lipinski definition) is 0.